The maximum atomic E-state index is 12.3. The number of aromatic carboxylic acids is 1. The van der Waals surface area contributed by atoms with Gasteiger partial charge < -0.3 is 9.84 Å². The molecule has 1 aliphatic heterocycles. The second-order valence-electron chi connectivity index (χ2n) is 5.63. The molecular weight excluding hydrogens is 314 g/mol. The molecule has 0 spiro atoms. The van der Waals surface area contributed by atoms with E-state index in [0.29, 0.717) is 13.1 Å². The summed E-state index contributed by atoms with van der Waals surface area (Å²) in [6.45, 7) is 6.59. The van der Waals surface area contributed by atoms with E-state index >= 15 is 0 Å². The van der Waals surface area contributed by atoms with Crippen LogP contribution in [0.5, 0.6) is 0 Å². The summed E-state index contributed by atoms with van der Waals surface area (Å²) < 4.78 is 31.8. The number of carbonyl (C=O) groups is 1. The Hall–Kier alpha value is -0.960. The Morgan fingerprint density at radius 3 is 2.62 bits per heavy atom. The van der Waals surface area contributed by atoms with E-state index < -0.39 is 16.0 Å². The molecule has 0 bridgehead atoms. The molecule has 0 radical (unpaired) electrons. The lowest BCUT2D eigenvalue weighted by atomic mass is 10.1. The third-order valence-corrected chi connectivity index (χ3v) is 6.45. The highest BCUT2D eigenvalue weighted by Crippen LogP contribution is 2.29. The average Bonchev–Trinajstić information content (AvgIpc) is 2.83. The van der Waals surface area contributed by atoms with Gasteiger partial charge in [0.05, 0.1) is 16.6 Å². The monoisotopic (exact) mass is 333 g/mol. The lowest BCUT2D eigenvalue weighted by Crippen LogP contribution is -2.56. The maximum absolute atomic E-state index is 12.3. The van der Waals surface area contributed by atoms with Crippen molar-refractivity contribution in [3.05, 3.63) is 16.3 Å². The molecule has 0 unspecified atom stereocenters. The van der Waals surface area contributed by atoms with Crippen LogP contribution in [0.1, 0.15) is 36.9 Å². The topological polar surface area (TPSA) is 83.9 Å². The molecule has 0 saturated carbocycles. The van der Waals surface area contributed by atoms with Gasteiger partial charge >= 0.3 is 5.97 Å². The number of carboxylic acid groups (broad SMARTS) is 1. The third kappa shape index (κ3) is 3.45. The van der Waals surface area contributed by atoms with Crippen LogP contribution in [0, 0.1) is 0 Å². The number of rotatable bonds is 6. The summed E-state index contributed by atoms with van der Waals surface area (Å²) >= 11 is 0.914. The van der Waals surface area contributed by atoms with Gasteiger partial charge in [0.25, 0.3) is 0 Å². The van der Waals surface area contributed by atoms with E-state index in [4.69, 9.17) is 9.84 Å². The van der Waals surface area contributed by atoms with Crippen molar-refractivity contribution < 1.29 is 23.1 Å². The highest BCUT2D eigenvalue weighted by molar-refractivity contribution is 7.89. The van der Waals surface area contributed by atoms with Crippen LogP contribution in [-0.4, -0.2) is 48.6 Å². The fraction of sp³-hybridized carbons (Fsp3) is 0.615. The smallest absolute Gasteiger partial charge is 0.345 e. The normalized spacial score (nSPS) is 17.7. The molecule has 0 aromatic carbocycles. The second kappa shape index (κ2) is 5.68. The molecule has 0 atom stereocenters. The second-order valence-corrected chi connectivity index (χ2v) is 8.48. The SMILES string of the molecule is CCC(C)(C)OC1CN(S(=O)(=O)c2csc(C(=O)O)c2)C1. The summed E-state index contributed by atoms with van der Waals surface area (Å²) in [5.41, 5.74) is -0.265. The first-order valence-corrected chi connectivity index (χ1v) is 8.97. The van der Waals surface area contributed by atoms with Crippen LogP contribution in [0.3, 0.4) is 0 Å². The molecule has 1 saturated heterocycles. The fourth-order valence-electron chi connectivity index (χ4n) is 1.92. The van der Waals surface area contributed by atoms with Crippen molar-refractivity contribution in [2.45, 2.75) is 43.8 Å². The summed E-state index contributed by atoms with van der Waals surface area (Å²) in [6, 6.07) is 1.20. The molecule has 1 aromatic rings. The minimum absolute atomic E-state index is 0.0222. The van der Waals surface area contributed by atoms with Crippen LogP contribution < -0.4 is 0 Å². The lowest BCUT2D eigenvalue weighted by Gasteiger charge is -2.41. The number of ether oxygens (including phenoxy) is 1. The Balaban J connectivity index is 2.01. The first-order valence-electron chi connectivity index (χ1n) is 6.65. The average molecular weight is 333 g/mol. The van der Waals surface area contributed by atoms with Crippen LogP contribution >= 0.6 is 11.3 Å². The molecule has 1 N–H and O–H groups in total. The quantitative estimate of drug-likeness (QED) is 0.861. The third-order valence-electron chi connectivity index (χ3n) is 3.58. The van der Waals surface area contributed by atoms with E-state index in [-0.39, 0.29) is 21.5 Å². The van der Waals surface area contributed by atoms with Gasteiger partial charge in [0.15, 0.2) is 0 Å². The van der Waals surface area contributed by atoms with E-state index in [1.165, 1.54) is 15.8 Å². The van der Waals surface area contributed by atoms with E-state index in [1.54, 1.807) is 0 Å². The zero-order valence-corrected chi connectivity index (χ0v) is 13.8. The summed E-state index contributed by atoms with van der Waals surface area (Å²) in [6.07, 6.45) is 0.746. The minimum Gasteiger partial charge on any atom is -0.477 e. The molecule has 1 aliphatic rings. The Morgan fingerprint density at radius 1 is 1.52 bits per heavy atom. The Kier molecular flexibility index (Phi) is 4.44. The van der Waals surface area contributed by atoms with Crippen molar-refractivity contribution in [1.29, 1.82) is 0 Å². The molecular formula is C13H19NO5S2. The van der Waals surface area contributed by atoms with Crippen molar-refractivity contribution in [3.8, 4) is 0 Å². The van der Waals surface area contributed by atoms with Gasteiger partial charge in [-0.15, -0.1) is 11.3 Å². The molecule has 2 rings (SSSR count). The van der Waals surface area contributed by atoms with Gasteiger partial charge in [0.2, 0.25) is 10.0 Å². The maximum Gasteiger partial charge on any atom is 0.345 e. The Labute approximate surface area is 128 Å². The van der Waals surface area contributed by atoms with Gasteiger partial charge in [0, 0.05) is 18.5 Å². The van der Waals surface area contributed by atoms with Crippen molar-refractivity contribution in [2.24, 2.45) is 0 Å². The lowest BCUT2D eigenvalue weighted by molar-refractivity contribution is -0.113. The van der Waals surface area contributed by atoms with E-state index in [0.717, 1.165) is 17.8 Å². The van der Waals surface area contributed by atoms with Crippen LogP contribution in [0.4, 0.5) is 0 Å². The van der Waals surface area contributed by atoms with Gasteiger partial charge in [0.1, 0.15) is 4.88 Å². The molecule has 0 aliphatic carbocycles. The van der Waals surface area contributed by atoms with Crippen LogP contribution in [-0.2, 0) is 14.8 Å². The first kappa shape index (κ1) is 16.4. The van der Waals surface area contributed by atoms with Gasteiger partial charge in [-0.3, -0.25) is 0 Å². The molecule has 1 fully saturated rings. The zero-order valence-electron chi connectivity index (χ0n) is 12.2. The highest BCUT2D eigenvalue weighted by Gasteiger charge is 2.40. The molecule has 2 heterocycles. The summed E-state index contributed by atoms with van der Waals surface area (Å²) in [7, 11) is -3.61. The van der Waals surface area contributed by atoms with E-state index in [9.17, 15) is 13.2 Å². The number of thiophene rings is 1. The fourth-order valence-corrected chi connectivity index (χ4v) is 4.52. The van der Waals surface area contributed by atoms with Gasteiger partial charge in [-0.1, -0.05) is 6.92 Å². The summed E-state index contributed by atoms with van der Waals surface area (Å²) in [4.78, 5) is 10.9. The molecule has 8 heteroatoms. The van der Waals surface area contributed by atoms with Crippen molar-refractivity contribution >= 4 is 27.3 Å². The molecule has 6 nitrogen and oxygen atoms in total. The number of sulfonamides is 1. The summed E-state index contributed by atoms with van der Waals surface area (Å²) in [5.74, 6) is -1.11. The number of hydrogen-bond acceptors (Lipinski definition) is 5. The number of hydrogen-bond donors (Lipinski definition) is 1. The number of carboxylic acids is 1. The molecule has 118 valence electrons. The van der Waals surface area contributed by atoms with Gasteiger partial charge in [-0.2, -0.15) is 4.31 Å². The number of nitrogens with zero attached hydrogens (tertiary/aromatic N) is 1. The molecule has 0 amide bonds. The molecule has 1 aromatic heterocycles. The van der Waals surface area contributed by atoms with Crippen molar-refractivity contribution in [3.63, 3.8) is 0 Å². The first-order chi connectivity index (χ1) is 9.65. The van der Waals surface area contributed by atoms with Gasteiger partial charge in [-0.25, -0.2) is 13.2 Å². The minimum atomic E-state index is -3.61. The van der Waals surface area contributed by atoms with Gasteiger partial charge in [-0.05, 0) is 26.3 Å². The Morgan fingerprint density at radius 2 is 2.14 bits per heavy atom. The molecule has 21 heavy (non-hydrogen) atoms. The van der Waals surface area contributed by atoms with E-state index in [1.807, 2.05) is 20.8 Å². The predicted octanol–water partition coefficient (Wildman–Crippen LogP) is 2.02. The predicted molar refractivity (Wildman–Crippen MR) is 79.3 cm³/mol. The van der Waals surface area contributed by atoms with Crippen LogP contribution in [0.2, 0.25) is 0 Å². The van der Waals surface area contributed by atoms with Crippen LogP contribution in [0.25, 0.3) is 0 Å². The highest BCUT2D eigenvalue weighted by atomic mass is 32.2. The van der Waals surface area contributed by atoms with Crippen LogP contribution in [0.15, 0.2) is 16.3 Å². The largest absolute Gasteiger partial charge is 0.477 e. The standard InChI is InChI=1S/C13H19NO5S2/c1-4-13(2,3)19-9-6-14(7-9)21(17,18)10-5-11(12(15)16)20-8-10/h5,8-9H,4,6-7H2,1-3H3,(H,15,16). The van der Waals surface area contributed by atoms with E-state index in [2.05, 4.69) is 0 Å². The summed E-state index contributed by atoms with van der Waals surface area (Å²) in [5, 5.41) is 10.2. The Bertz CT molecular complexity index is 629. The van der Waals surface area contributed by atoms with Crippen molar-refractivity contribution in [2.75, 3.05) is 13.1 Å². The van der Waals surface area contributed by atoms with Crippen molar-refractivity contribution in [1.82, 2.24) is 4.31 Å². The zero-order chi connectivity index (χ0) is 15.8.